The first-order chi connectivity index (χ1) is 8.11. The Balaban J connectivity index is 2.11. The number of anilines is 1. The second kappa shape index (κ2) is 4.57. The van der Waals surface area contributed by atoms with Crippen LogP contribution in [0.4, 0.5) is 5.82 Å². The van der Waals surface area contributed by atoms with Crippen molar-refractivity contribution in [3.63, 3.8) is 0 Å². The van der Waals surface area contributed by atoms with Crippen molar-refractivity contribution in [2.75, 3.05) is 11.4 Å². The Bertz CT molecular complexity index is 440. The van der Waals surface area contributed by atoms with Crippen molar-refractivity contribution in [3.8, 4) is 0 Å². The second-order valence-electron chi connectivity index (χ2n) is 4.31. The molecule has 1 aromatic rings. The molecule has 1 fully saturated rings. The molecule has 1 atom stereocenters. The van der Waals surface area contributed by atoms with Crippen LogP contribution < -0.4 is 10.6 Å². The standard InChI is InChI=1S/C11H16N4O2/c1-2-3-8-5-9(14-13-8)15-6-7(11(12)17)4-10(15)16/h5,7H,2-4,6H2,1H3,(H2,12,17)(H,13,14). The number of hydrogen-bond donors (Lipinski definition) is 2. The fourth-order valence-electron chi connectivity index (χ4n) is 2.00. The number of aromatic nitrogens is 2. The van der Waals surface area contributed by atoms with Crippen molar-refractivity contribution in [1.82, 2.24) is 10.2 Å². The lowest BCUT2D eigenvalue weighted by molar-refractivity contribution is -0.123. The molecule has 0 spiro atoms. The Kier molecular flexibility index (Phi) is 3.12. The second-order valence-corrected chi connectivity index (χ2v) is 4.31. The molecule has 1 aromatic heterocycles. The summed E-state index contributed by atoms with van der Waals surface area (Å²) in [5.41, 5.74) is 6.21. The highest BCUT2D eigenvalue weighted by Gasteiger charge is 2.34. The topological polar surface area (TPSA) is 92.1 Å². The van der Waals surface area contributed by atoms with Crippen LogP contribution in [-0.4, -0.2) is 28.6 Å². The third kappa shape index (κ3) is 2.30. The number of aryl methyl sites for hydroxylation is 1. The van der Waals surface area contributed by atoms with E-state index in [1.165, 1.54) is 4.90 Å². The molecule has 0 radical (unpaired) electrons. The van der Waals surface area contributed by atoms with Crippen LogP contribution in [0, 0.1) is 5.92 Å². The van der Waals surface area contributed by atoms with Crippen LogP contribution in [0.2, 0.25) is 0 Å². The zero-order chi connectivity index (χ0) is 12.4. The predicted molar refractivity (Wildman–Crippen MR) is 62.2 cm³/mol. The quantitative estimate of drug-likeness (QED) is 0.782. The number of carbonyl (C=O) groups is 2. The molecule has 2 heterocycles. The van der Waals surface area contributed by atoms with E-state index >= 15 is 0 Å². The number of nitrogens with zero attached hydrogens (tertiary/aromatic N) is 2. The molecule has 2 rings (SSSR count). The highest BCUT2D eigenvalue weighted by Crippen LogP contribution is 2.23. The molecular formula is C11H16N4O2. The number of hydrogen-bond acceptors (Lipinski definition) is 3. The summed E-state index contributed by atoms with van der Waals surface area (Å²) >= 11 is 0. The third-order valence-corrected chi connectivity index (χ3v) is 2.94. The lowest BCUT2D eigenvalue weighted by Gasteiger charge is -2.11. The maximum atomic E-state index is 11.7. The van der Waals surface area contributed by atoms with Gasteiger partial charge in [0.05, 0.1) is 5.92 Å². The zero-order valence-electron chi connectivity index (χ0n) is 9.77. The summed E-state index contributed by atoms with van der Waals surface area (Å²) in [7, 11) is 0. The van der Waals surface area contributed by atoms with E-state index in [2.05, 4.69) is 17.1 Å². The first kappa shape index (κ1) is 11.6. The molecule has 0 bridgehead atoms. The van der Waals surface area contributed by atoms with Gasteiger partial charge in [-0.3, -0.25) is 19.6 Å². The van der Waals surface area contributed by atoms with Gasteiger partial charge in [0.15, 0.2) is 5.82 Å². The summed E-state index contributed by atoms with van der Waals surface area (Å²) in [5, 5.41) is 6.98. The van der Waals surface area contributed by atoms with Gasteiger partial charge < -0.3 is 5.73 Å². The summed E-state index contributed by atoms with van der Waals surface area (Å²) in [6.45, 7) is 2.41. The Hall–Kier alpha value is -1.85. The molecule has 92 valence electrons. The SMILES string of the molecule is CCCc1cc(N2CC(C(N)=O)CC2=O)n[nH]1. The average molecular weight is 236 g/mol. The maximum Gasteiger partial charge on any atom is 0.229 e. The van der Waals surface area contributed by atoms with Gasteiger partial charge in [0, 0.05) is 24.7 Å². The van der Waals surface area contributed by atoms with Crippen LogP contribution in [0.15, 0.2) is 6.07 Å². The molecule has 1 saturated heterocycles. The van der Waals surface area contributed by atoms with E-state index in [-0.39, 0.29) is 12.3 Å². The Labute approximate surface area is 99.2 Å². The van der Waals surface area contributed by atoms with Crippen molar-refractivity contribution >= 4 is 17.6 Å². The van der Waals surface area contributed by atoms with E-state index in [9.17, 15) is 9.59 Å². The van der Waals surface area contributed by atoms with Crippen LogP contribution in [0.1, 0.15) is 25.5 Å². The van der Waals surface area contributed by atoms with Crippen molar-refractivity contribution < 1.29 is 9.59 Å². The molecule has 1 aliphatic rings. The first-order valence-corrected chi connectivity index (χ1v) is 5.75. The first-order valence-electron chi connectivity index (χ1n) is 5.75. The highest BCUT2D eigenvalue weighted by atomic mass is 16.2. The van der Waals surface area contributed by atoms with Gasteiger partial charge in [-0.05, 0) is 6.42 Å². The molecular weight excluding hydrogens is 220 g/mol. The van der Waals surface area contributed by atoms with Gasteiger partial charge in [-0.1, -0.05) is 13.3 Å². The summed E-state index contributed by atoms with van der Waals surface area (Å²) < 4.78 is 0. The number of carbonyl (C=O) groups excluding carboxylic acids is 2. The third-order valence-electron chi connectivity index (χ3n) is 2.94. The normalized spacial score (nSPS) is 19.9. The fraction of sp³-hybridized carbons (Fsp3) is 0.545. The number of nitrogens with one attached hydrogen (secondary N) is 1. The van der Waals surface area contributed by atoms with Gasteiger partial charge in [0.25, 0.3) is 0 Å². The molecule has 0 aliphatic carbocycles. The highest BCUT2D eigenvalue weighted by molar-refractivity contribution is 5.99. The van der Waals surface area contributed by atoms with Gasteiger partial charge in [-0.25, -0.2) is 0 Å². The minimum Gasteiger partial charge on any atom is -0.369 e. The molecule has 0 aromatic carbocycles. The Morgan fingerprint density at radius 2 is 2.47 bits per heavy atom. The lowest BCUT2D eigenvalue weighted by Crippen LogP contribution is -2.28. The van der Waals surface area contributed by atoms with Crippen LogP contribution >= 0.6 is 0 Å². The lowest BCUT2D eigenvalue weighted by atomic mass is 10.1. The number of amides is 2. The smallest absolute Gasteiger partial charge is 0.229 e. The molecule has 2 amide bonds. The Morgan fingerprint density at radius 3 is 3.06 bits per heavy atom. The van der Waals surface area contributed by atoms with E-state index in [0.29, 0.717) is 12.4 Å². The van der Waals surface area contributed by atoms with Crippen molar-refractivity contribution in [2.24, 2.45) is 11.7 Å². The van der Waals surface area contributed by atoms with Gasteiger partial charge in [-0.15, -0.1) is 0 Å². The van der Waals surface area contributed by atoms with E-state index in [4.69, 9.17) is 5.73 Å². The fourth-order valence-corrected chi connectivity index (χ4v) is 2.00. The number of rotatable bonds is 4. The van der Waals surface area contributed by atoms with Crippen molar-refractivity contribution in [2.45, 2.75) is 26.2 Å². The number of primary amides is 1. The largest absolute Gasteiger partial charge is 0.369 e. The monoisotopic (exact) mass is 236 g/mol. The van der Waals surface area contributed by atoms with Crippen molar-refractivity contribution in [1.29, 1.82) is 0 Å². The molecule has 0 saturated carbocycles. The molecule has 1 unspecified atom stereocenters. The van der Waals surface area contributed by atoms with Crippen LogP contribution in [0.25, 0.3) is 0 Å². The van der Waals surface area contributed by atoms with Gasteiger partial charge in [-0.2, -0.15) is 5.10 Å². The van der Waals surface area contributed by atoms with E-state index in [1.54, 1.807) is 0 Å². The molecule has 3 N–H and O–H groups in total. The van der Waals surface area contributed by atoms with E-state index in [1.807, 2.05) is 6.07 Å². The maximum absolute atomic E-state index is 11.7. The van der Waals surface area contributed by atoms with E-state index in [0.717, 1.165) is 18.5 Å². The average Bonchev–Trinajstić information content (AvgIpc) is 2.85. The zero-order valence-corrected chi connectivity index (χ0v) is 9.77. The summed E-state index contributed by atoms with van der Waals surface area (Å²) in [5.74, 6) is -0.329. The summed E-state index contributed by atoms with van der Waals surface area (Å²) in [6, 6.07) is 1.85. The number of aromatic amines is 1. The van der Waals surface area contributed by atoms with Gasteiger partial charge in [0.1, 0.15) is 0 Å². The molecule has 1 aliphatic heterocycles. The molecule has 6 heteroatoms. The number of H-pyrrole nitrogens is 1. The molecule has 6 nitrogen and oxygen atoms in total. The minimum atomic E-state index is -0.426. The summed E-state index contributed by atoms with van der Waals surface area (Å²) in [4.78, 5) is 24.3. The predicted octanol–water partition coefficient (Wildman–Crippen LogP) is 0.200. The van der Waals surface area contributed by atoms with Crippen LogP contribution in [0.3, 0.4) is 0 Å². The van der Waals surface area contributed by atoms with Gasteiger partial charge >= 0.3 is 0 Å². The molecule has 17 heavy (non-hydrogen) atoms. The number of nitrogens with two attached hydrogens (primary N) is 1. The summed E-state index contributed by atoms with van der Waals surface area (Å²) in [6.07, 6.45) is 2.10. The van der Waals surface area contributed by atoms with Gasteiger partial charge in [0.2, 0.25) is 11.8 Å². The van der Waals surface area contributed by atoms with E-state index < -0.39 is 11.8 Å². The Morgan fingerprint density at radius 1 is 1.71 bits per heavy atom. The van der Waals surface area contributed by atoms with Crippen LogP contribution in [0.5, 0.6) is 0 Å². The van der Waals surface area contributed by atoms with Crippen molar-refractivity contribution in [3.05, 3.63) is 11.8 Å². The minimum absolute atomic E-state index is 0.0941. The van der Waals surface area contributed by atoms with Crippen LogP contribution in [-0.2, 0) is 16.0 Å².